The molecule has 3 rings (SSSR count). The fourth-order valence-electron chi connectivity index (χ4n) is 2.55. The van der Waals surface area contributed by atoms with Crippen molar-refractivity contribution in [3.8, 4) is 11.3 Å². The maximum Gasteiger partial charge on any atom is 0.225 e. The largest absolute Gasteiger partial charge is 0.326 e. The van der Waals surface area contributed by atoms with E-state index in [1.54, 1.807) is 6.20 Å². The molecule has 2 heterocycles. The van der Waals surface area contributed by atoms with Crippen molar-refractivity contribution in [2.24, 2.45) is 0 Å². The van der Waals surface area contributed by atoms with Crippen LogP contribution in [0.25, 0.3) is 11.3 Å². The predicted octanol–water partition coefficient (Wildman–Crippen LogP) is 2.16. The molecule has 2 aromatic rings. The number of aromatic nitrogens is 2. The number of carbonyl (C=O) groups excluding carboxylic acids is 1. The number of carbonyl (C=O) groups is 1. The van der Waals surface area contributed by atoms with Crippen molar-refractivity contribution in [2.45, 2.75) is 25.3 Å². The van der Waals surface area contributed by atoms with Crippen molar-refractivity contribution >= 4 is 11.6 Å². The molecule has 1 aliphatic heterocycles. The van der Waals surface area contributed by atoms with E-state index < -0.39 is 0 Å². The Hall–Kier alpha value is -2.14. The minimum Gasteiger partial charge on any atom is -0.326 e. The van der Waals surface area contributed by atoms with E-state index in [9.17, 15) is 4.79 Å². The Balaban J connectivity index is 1.65. The Morgan fingerprint density at radius 2 is 2.35 bits per heavy atom. The van der Waals surface area contributed by atoms with Crippen LogP contribution in [-0.2, 0) is 4.79 Å². The third-order valence-electron chi connectivity index (χ3n) is 3.55. The highest BCUT2D eigenvalue weighted by molar-refractivity contribution is 5.91. The summed E-state index contributed by atoms with van der Waals surface area (Å²) in [5, 5.41) is 13.1. The lowest BCUT2D eigenvalue weighted by molar-refractivity contribution is -0.116. The van der Waals surface area contributed by atoms with Gasteiger partial charge in [-0.05, 0) is 37.6 Å². The number of rotatable bonds is 4. The molecule has 0 aliphatic carbocycles. The Bertz CT molecular complexity index is 573. The van der Waals surface area contributed by atoms with E-state index in [0.717, 1.165) is 36.3 Å². The Kier molecular flexibility index (Phi) is 3.78. The normalized spacial score (nSPS) is 18.1. The van der Waals surface area contributed by atoms with Gasteiger partial charge in [0.05, 0.1) is 5.69 Å². The highest BCUT2D eigenvalue weighted by Crippen LogP contribution is 2.20. The fraction of sp³-hybridized carbons (Fsp3) is 0.333. The zero-order valence-corrected chi connectivity index (χ0v) is 11.2. The molecule has 1 amide bonds. The van der Waals surface area contributed by atoms with Crippen molar-refractivity contribution in [1.82, 2.24) is 15.5 Å². The van der Waals surface area contributed by atoms with Crippen LogP contribution < -0.4 is 10.6 Å². The molecule has 1 aromatic heterocycles. The summed E-state index contributed by atoms with van der Waals surface area (Å²) in [6.07, 6.45) is 4.50. The smallest absolute Gasteiger partial charge is 0.225 e. The van der Waals surface area contributed by atoms with Gasteiger partial charge in [-0.3, -0.25) is 9.89 Å². The van der Waals surface area contributed by atoms with Gasteiger partial charge in [0.1, 0.15) is 0 Å². The first-order chi connectivity index (χ1) is 9.81. The molecule has 1 unspecified atom stereocenters. The molecule has 3 N–H and O–H groups in total. The van der Waals surface area contributed by atoms with Crippen LogP contribution in [0.1, 0.15) is 19.3 Å². The minimum absolute atomic E-state index is 0.0613. The van der Waals surface area contributed by atoms with E-state index >= 15 is 0 Å². The molecule has 1 saturated heterocycles. The molecule has 0 bridgehead atoms. The summed E-state index contributed by atoms with van der Waals surface area (Å²) >= 11 is 0. The molecular weight excluding hydrogens is 252 g/mol. The number of H-pyrrole nitrogens is 1. The number of hydrogen-bond donors (Lipinski definition) is 3. The van der Waals surface area contributed by atoms with Gasteiger partial charge in [-0.2, -0.15) is 5.10 Å². The summed E-state index contributed by atoms with van der Waals surface area (Å²) in [6, 6.07) is 10.0. The fourth-order valence-corrected chi connectivity index (χ4v) is 2.55. The van der Waals surface area contributed by atoms with Crippen LogP contribution in [0.4, 0.5) is 5.69 Å². The van der Waals surface area contributed by atoms with E-state index in [1.165, 1.54) is 0 Å². The first kappa shape index (κ1) is 12.9. The van der Waals surface area contributed by atoms with Crippen molar-refractivity contribution in [1.29, 1.82) is 0 Å². The third kappa shape index (κ3) is 3.05. The van der Waals surface area contributed by atoms with Crippen molar-refractivity contribution < 1.29 is 4.79 Å². The number of aromatic amines is 1. The van der Waals surface area contributed by atoms with Gasteiger partial charge >= 0.3 is 0 Å². The number of nitrogens with one attached hydrogen (secondary N) is 3. The Labute approximate surface area is 117 Å². The second-order valence-electron chi connectivity index (χ2n) is 5.10. The lowest BCUT2D eigenvalue weighted by Gasteiger charge is -2.11. The van der Waals surface area contributed by atoms with Crippen LogP contribution in [0.2, 0.25) is 0 Å². The van der Waals surface area contributed by atoms with Gasteiger partial charge in [0.2, 0.25) is 5.91 Å². The zero-order valence-electron chi connectivity index (χ0n) is 11.2. The molecule has 1 fully saturated rings. The van der Waals surface area contributed by atoms with Gasteiger partial charge in [-0.1, -0.05) is 12.1 Å². The van der Waals surface area contributed by atoms with Crippen LogP contribution >= 0.6 is 0 Å². The van der Waals surface area contributed by atoms with Crippen LogP contribution in [0.3, 0.4) is 0 Å². The van der Waals surface area contributed by atoms with Gasteiger partial charge in [0, 0.05) is 29.9 Å². The highest BCUT2D eigenvalue weighted by atomic mass is 16.1. The average Bonchev–Trinajstić information content (AvgIpc) is 3.11. The summed E-state index contributed by atoms with van der Waals surface area (Å²) < 4.78 is 0. The number of amides is 1. The number of nitrogens with zero attached hydrogens (tertiary/aromatic N) is 1. The quantitative estimate of drug-likeness (QED) is 0.797. The monoisotopic (exact) mass is 270 g/mol. The molecule has 1 aliphatic rings. The minimum atomic E-state index is 0.0613. The zero-order chi connectivity index (χ0) is 13.8. The number of anilines is 1. The van der Waals surface area contributed by atoms with E-state index in [-0.39, 0.29) is 5.91 Å². The first-order valence-electron chi connectivity index (χ1n) is 6.94. The van der Waals surface area contributed by atoms with Gasteiger partial charge in [0.15, 0.2) is 0 Å². The summed E-state index contributed by atoms with van der Waals surface area (Å²) in [5.74, 6) is 0.0613. The molecule has 1 atom stereocenters. The van der Waals surface area contributed by atoms with Crippen LogP contribution in [0.15, 0.2) is 36.5 Å². The molecule has 0 radical (unpaired) electrons. The van der Waals surface area contributed by atoms with Crippen molar-refractivity contribution in [3.63, 3.8) is 0 Å². The standard InChI is InChI=1S/C15H18N4O/c20-15(10-12-5-2-7-16-12)18-13-4-1-3-11(9-13)14-6-8-17-19-14/h1,3-4,6,8-9,12,16H,2,5,7,10H2,(H,17,19)(H,18,20). The van der Waals surface area contributed by atoms with Gasteiger partial charge < -0.3 is 10.6 Å². The molecular formula is C15H18N4O. The Morgan fingerprint density at radius 1 is 1.40 bits per heavy atom. The first-order valence-corrected chi connectivity index (χ1v) is 6.94. The van der Waals surface area contributed by atoms with E-state index in [4.69, 9.17) is 0 Å². The summed E-state index contributed by atoms with van der Waals surface area (Å²) in [6.45, 7) is 1.02. The second kappa shape index (κ2) is 5.88. The van der Waals surface area contributed by atoms with E-state index in [1.807, 2.05) is 30.3 Å². The Morgan fingerprint density at radius 3 is 3.10 bits per heavy atom. The molecule has 0 saturated carbocycles. The molecule has 20 heavy (non-hydrogen) atoms. The van der Waals surface area contributed by atoms with E-state index in [2.05, 4.69) is 20.8 Å². The number of benzene rings is 1. The summed E-state index contributed by atoms with van der Waals surface area (Å²) in [5.41, 5.74) is 2.78. The molecule has 0 spiro atoms. The third-order valence-corrected chi connectivity index (χ3v) is 3.55. The molecule has 5 heteroatoms. The highest BCUT2D eigenvalue weighted by Gasteiger charge is 2.17. The second-order valence-corrected chi connectivity index (χ2v) is 5.10. The van der Waals surface area contributed by atoms with Crippen molar-refractivity contribution in [3.05, 3.63) is 36.5 Å². The maximum absolute atomic E-state index is 12.0. The lowest BCUT2D eigenvalue weighted by Crippen LogP contribution is -2.27. The lowest BCUT2D eigenvalue weighted by atomic mass is 10.1. The average molecular weight is 270 g/mol. The summed E-state index contributed by atoms with van der Waals surface area (Å²) in [7, 11) is 0. The van der Waals surface area contributed by atoms with Crippen LogP contribution in [0, 0.1) is 0 Å². The maximum atomic E-state index is 12.0. The SMILES string of the molecule is O=C(CC1CCCN1)Nc1cccc(-c2ccn[nH]2)c1. The summed E-state index contributed by atoms with van der Waals surface area (Å²) in [4.78, 5) is 12.0. The van der Waals surface area contributed by atoms with Crippen LogP contribution in [0.5, 0.6) is 0 Å². The van der Waals surface area contributed by atoms with E-state index in [0.29, 0.717) is 12.5 Å². The van der Waals surface area contributed by atoms with Crippen LogP contribution in [-0.4, -0.2) is 28.7 Å². The topological polar surface area (TPSA) is 69.8 Å². The molecule has 5 nitrogen and oxygen atoms in total. The van der Waals surface area contributed by atoms with Gasteiger partial charge in [-0.15, -0.1) is 0 Å². The molecule has 1 aromatic carbocycles. The van der Waals surface area contributed by atoms with Gasteiger partial charge in [0.25, 0.3) is 0 Å². The van der Waals surface area contributed by atoms with Gasteiger partial charge in [-0.25, -0.2) is 0 Å². The number of hydrogen-bond acceptors (Lipinski definition) is 3. The predicted molar refractivity (Wildman–Crippen MR) is 78.3 cm³/mol. The molecule has 104 valence electrons. The van der Waals surface area contributed by atoms with Crippen molar-refractivity contribution in [2.75, 3.05) is 11.9 Å².